The van der Waals surface area contributed by atoms with Crippen molar-refractivity contribution < 1.29 is 9.53 Å². The number of carbonyl (C=O) groups is 1. The fraction of sp³-hybridized carbons (Fsp3) is 0.400. The van der Waals surface area contributed by atoms with Crippen molar-refractivity contribution in [1.82, 2.24) is 15.5 Å². The fourth-order valence-corrected chi connectivity index (χ4v) is 2.65. The topological polar surface area (TPSA) is 84.1 Å². The molecule has 6 nitrogen and oxygen atoms in total. The van der Waals surface area contributed by atoms with Gasteiger partial charge in [-0.25, -0.2) is 5.10 Å². The van der Waals surface area contributed by atoms with Gasteiger partial charge in [-0.05, 0) is 25.8 Å². The first-order chi connectivity index (χ1) is 10.2. The van der Waals surface area contributed by atoms with Crippen LogP contribution in [-0.2, 0) is 4.74 Å². The van der Waals surface area contributed by atoms with E-state index in [0.717, 1.165) is 19.4 Å². The van der Waals surface area contributed by atoms with E-state index < -0.39 is 0 Å². The highest BCUT2D eigenvalue weighted by Crippen LogP contribution is 2.17. The van der Waals surface area contributed by atoms with Crippen LogP contribution >= 0.6 is 0 Å². The van der Waals surface area contributed by atoms with Gasteiger partial charge < -0.3 is 10.1 Å². The van der Waals surface area contributed by atoms with Crippen molar-refractivity contribution in [2.45, 2.75) is 31.9 Å². The molecule has 0 saturated carbocycles. The standard InChI is InChI=1S/C15H17N3O3/c1-9(12-7-4-8-21-12)16-15(20)13-10-5-2-3-6-11(10)14(19)18-17-13/h2-3,5-6,9,12H,4,7-8H2,1H3,(H,16,20)(H,18,19). The van der Waals surface area contributed by atoms with E-state index in [-0.39, 0.29) is 29.3 Å². The summed E-state index contributed by atoms with van der Waals surface area (Å²) in [6.07, 6.45) is 2.01. The van der Waals surface area contributed by atoms with Crippen LogP contribution in [0.25, 0.3) is 10.8 Å². The molecule has 110 valence electrons. The number of hydrogen-bond donors (Lipinski definition) is 2. The molecule has 1 aliphatic rings. The molecule has 3 rings (SSSR count). The van der Waals surface area contributed by atoms with Crippen LogP contribution in [0.1, 0.15) is 30.3 Å². The van der Waals surface area contributed by atoms with Crippen molar-refractivity contribution in [2.75, 3.05) is 6.61 Å². The van der Waals surface area contributed by atoms with Crippen molar-refractivity contribution in [3.63, 3.8) is 0 Å². The number of carbonyl (C=O) groups excluding carboxylic acids is 1. The number of aromatic nitrogens is 2. The van der Waals surface area contributed by atoms with Gasteiger partial charge in [0.2, 0.25) is 0 Å². The van der Waals surface area contributed by atoms with E-state index in [0.29, 0.717) is 10.8 Å². The van der Waals surface area contributed by atoms with E-state index in [9.17, 15) is 9.59 Å². The lowest BCUT2D eigenvalue weighted by molar-refractivity contribution is 0.0710. The average Bonchev–Trinajstić information content (AvgIpc) is 3.02. The summed E-state index contributed by atoms with van der Waals surface area (Å²) in [7, 11) is 0. The van der Waals surface area contributed by atoms with Crippen molar-refractivity contribution >= 4 is 16.7 Å². The smallest absolute Gasteiger partial charge is 0.272 e. The highest BCUT2D eigenvalue weighted by molar-refractivity contribution is 6.04. The molecule has 0 aliphatic carbocycles. The quantitative estimate of drug-likeness (QED) is 0.889. The SMILES string of the molecule is CC(NC(=O)c1n[nH]c(=O)c2ccccc12)C1CCCO1. The summed E-state index contributed by atoms with van der Waals surface area (Å²) >= 11 is 0. The zero-order valence-corrected chi connectivity index (χ0v) is 11.8. The minimum Gasteiger partial charge on any atom is -0.376 e. The molecule has 1 fully saturated rings. The molecule has 2 aromatic rings. The first-order valence-electron chi connectivity index (χ1n) is 7.06. The molecule has 1 aromatic heterocycles. The van der Waals surface area contributed by atoms with Crippen LogP contribution in [0.2, 0.25) is 0 Å². The van der Waals surface area contributed by atoms with Crippen LogP contribution < -0.4 is 10.9 Å². The number of benzene rings is 1. The van der Waals surface area contributed by atoms with E-state index in [4.69, 9.17) is 4.74 Å². The summed E-state index contributed by atoms with van der Waals surface area (Å²) in [5, 5.41) is 10.2. The number of ether oxygens (including phenoxy) is 1. The molecule has 1 saturated heterocycles. The Labute approximate surface area is 121 Å². The lowest BCUT2D eigenvalue weighted by atomic mass is 10.1. The number of nitrogens with one attached hydrogen (secondary N) is 2. The van der Waals surface area contributed by atoms with Crippen molar-refractivity contribution in [1.29, 1.82) is 0 Å². The monoisotopic (exact) mass is 287 g/mol. The van der Waals surface area contributed by atoms with Gasteiger partial charge in [-0.3, -0.25) is 9.59 Å². The Morgan fingerprint density at radius 3 is 2.90 bits per heavy atom. The van der Waals surface area contributed by atoms with E-state index in [1.807, 2.05) is 6.92 Å². The van der Waals surface area contributed by atoms with Gasteiger partial charge in [0.05, 0.1) is 17.5 Å². The minimum absolute atomic E-state index is 0.0444. The second-order valence-corrected chi connectivity index (χ2v) is 5.26. The maximum atomic E-state index is 12.4. The highest BCUT2D eigenvalue weighted by Gasteiger charge is 2.25. The molecule has 0 spiro atoms. The molecule has 2 heterocycles. The number of nitrogens with zero attached hydrogens (tertiary/aromatic N) is 1. The minimum atomic E-state index is -0.301. The van der Waals surface area contributed by atoms with Crippen molar-refractivity contribution in [3.05, 3.63) is 40.3 Å². The number of H-pyrrole nitrogens is 1. The molecule has 1 amide bonds. The number of hydrogen-bond acceptors (Lipinski definition) is 4. The molecule has 2 atom stereocenters. The third-order valence-electron chi connectivity index (χ3n) is 3.79. The molecule has 1 aromatic carbocycles. The number of fused-ring (bicyclic) bond motifs is 1. The number of rotatable bonds is 3. The second kappa shape index (κ2) is 5.65. The maximum absolute atomic E-state index is 12.4. The molecular formula is C15H17N3O3. The van der Waals surface area contributed by atoms with Gasteiger partial charge in [-0.15, -0.1) is 0 Å². The second-order valence-electron chi connectivity index (χ2n) is 5.26. The van der Waals surface area contributed by atoms with Gasteiger partial charge in [-0.2, -0.15) is 5.10 Å². The van der Waals surface area contributed by atoms with Crippen molar-refractivity contribution in [2.24, 2.45) is 0 Å². The molecule has 0 bridgehead atoms. The summed E-state index contributed by atoms with van der Waals surface area (Å²) in [5.74, 6) is -0.301. The van der Waals surface area contributed by atoms with Gasteiger partial charge in [0, 0.05) is 12.0 Å². The first-order valence-corrected chi connectivity index (χ1v) is 7.06. The maximum Gasteiger partial charge on any atom is 0.272 e. The molecule has 6 heteroatoms. The Bertz CT molecular complexity index is 719. The molecular weight excluding hydrogens is 270 g/mol. The van der Waals surface area contributed by atoms with E-state index in [1.165, 1.54) is 0 Å². The summed E-state index contributed by atoms with van der Waals surface area (Å²) in [5.41, 5.74) is -0.0654. The first kappa shape index (κ1) is 13.8. The van der Waals surface area contributed by atoms with E-state index >= 15 is 0 Å². The summed E-state index contributed by atoms with van der Waals surface area (Å²) < 4.78 is 5.57. The lowest BCUT2D eigenvalue weighted by Gasteiger charge is -2.19. The summed E-state index contributed by atoms with van der Waals surface area (Å²) in [6, 6.07) is 6.85. The summed E-state index contributed by atoms with van der Waals surface area (Å²) in [4.78, 5) is 24.1. The van der Waals surface area contributed by atoms with Gasteiger partial charge >= 0.3 is 0 Å². The van der Waals surface area contributed by atoms with Crippen LogP contribution in [0.15, 0.2) is 29.1 Å². The Hall–Kier alpha value is -2.21. The fourth-order valence-electron chi connectivity index (χ4n) is 2.65. The normalized spacial score (nSPS) is 19.6. The predicted molar refractivity (Wildman–Crippen MR) is 78.3 cm³/mol. The molecule has 2 unspecified atom stereocenters. The Morgan fingerprint density at radius 1 is 1.43 bits per heavy atom. The molecule has 2 N–H and O–H groups in total. The average molecular weight is 287 g/mol. The third kappa shape index (κ3) is 2.67. The zero-order chi connectivity index (χ0) is 14.8. The van der Waals surface area contributed by atoms with Crippen LogP contribution in [-0.4, -0.2) is 34.9 Å². The lowest BCUT2D eigenvalue weighted by Crippen LogP contribution is -2.41. The van der Waals surface area contributed by atoms with Crippen LogP contribution in [0.5, 0.6) is 0 Å². The third-order valence-corrected chi connectivity index (χ3v) is 3.79. The van der Waals surface area contributed by atoms with Crippen LogP contribution in [0.4, 0.5) is 0 Å². The van der Waals surface area contributed by atoms with Gasteiger partial charge in [-0.1, -0.05) is 18.2 Å². The Balaban J connectivity index is 1.88. The molecule has 1 aliphatic heterocycles. The van der Waals surface area contributed by atoms with Gasteiger partial charge in [0.15, 0.2) is 5.69 Å². The predicted octanol–water partition coefficient (Wildman–Crippen LogP) is 1.22. The van der Waals surface area contributed by atoms with Gasteiger partial charge in [0.1, 0.15) is 0 Å². The van der Waals surface area contributed by atoms with Crippen LogP contribution in [0.3, 0.4) is 0 Å². The van der Waals surface area contributed by atoms with Crippen LogP contribution in [0, 0.1) is 0 Å². The zero-order valence-electron chi connectivity index (χ0n) is 11.8. The van der Waals surface area contributed by atoms with E-state index in [2.05, 4.69) is 15.5 Å². The Morgan fingerprint density at radius 2 is 2.19 bits per heavy atom. The largest absolute Gasteiger partial charge is 0.376 e. The number of aromatic amines is 1. The van der Waals surface area contributed by atoms with Crippen molar-refractivity contribution in [3.8, 4) is 0 Å². The number of amides is 1. The van der Waals surface area contributed by atoms with E-state index in [1.54, 1.807) is 24.3 Å². The molecule has 21 heavy (non-hydrogen) atoms. The summed E-state index contributed by atoms with van der Waals surface area (Å²) in [6.45, 7) is 2.66. The molecule has 0 radical (unpaired) electrons. The Kier molecular flexibility index (Phi) is 3.70. The van der Waals surface area contributed by atoms with Gasteiger partial charge in [0.25, 0.3) is 11.5 Å². The highest BCUT2D eigenvalue weighted by atomic mass is 16.5.